The second-order valence-electron chi connectivity index (χ2n) is 5.12. The van der Waals surface area contributed by atoms with Crippen LogP contribution in [-0.2, 0) is 16.6 Å². The molecule has 1 aromatic heterocycles. The smallest absolute Gasteiger partial charge is 0.245 e. The Kier molecular flexibility index (Phi) is 5.64. The summed E-state index contributed by atoms with van der Waals surface area (Å²) in [6, 6.07) is 1.58. The van der Waals surface area contributed by atoms with E-state index in [0.717, 1.165) is 25.7 Å². The normalized spacial score (nSPS) is 21.9. The molecule has 0 bridgehead atoms. The Balaban J connectivity index is 2.23. The molecule has 2 rings (SSSR count). The second kappa shape index (κ2) is 6.87. The van der Waals surface area contributed by atoms with Crippen molar-refractivity contribution < 1.29 is 13.5 Å². The van der Waals surface area contributed by atoms with Crippen LogP contribution in [0.3, 0.4) is 0 Å². The molecule has 1 aromatic rings. The van der Waals surface area contributed by atoms with Crippen LogP contribution in [0.5, 0.6) is 0 Å². The zero-order chi connectivity index (χ0) is 14.8. The van der Waals surface area contributed by atoms with Gasteiger partial charge < -0.3 is 5.11 Å². The van der Waals surface area contributed by atoms with Crippen molar-refractivity contribution in [2.24, 2.45) is 5.92 Å². The lowest BCUT2D eigenvalue weighted by Crippen LogP contribution is -2.32. The van der Waals surface area contributed by atoms with Gasteiger partial charge in [-0.1, -0.05) is 13.3 Å². The van der Waals surface area contributed by atoms with Gasteiger partial charge in [0.15, 0.2) is 0 Å². The van der Waals surface area contributed by atoms with Gasteiger partial charge in [-0.05, 0) is 47.2 Å². The molecular formula is C13H20BrNO3S2. The minimum atomic E-state index is -3.45. The summed E-state index contributed by atoms with van der Waals surface area (Å²) < 4.78 is 27.6. The maximum Gasteiger partial charge on any atom is 0.245 e. The van der Waals surface area contributed by atoms with Gasteiger partial charge in [0, 0.05) is 18.0 Å². The average Bonchev–Trinajstić information content (AvgIpc) is 2.66. The molecule has 2 heterocycles. The largest absolute Gasteiger partial charge is 0.391 e. The molecule has 0 aromatic carbocycles. The van der Waals surface area contributed by atoms with Gasteiger partial charge in [0.1, 0.15) is 4.90 Å². The third-order valence-corrected chi connectivity index (χ3v) is 8.00. The Bertz CT molecular complexity index is 556. The van der Waals surface area contributed by atoms with Gasteiger partial charge in [0.2, 0.25) is 10.0 Å². The van der Waals surface area contributed by atoms with E-state index in [1.54, 1.807) is 10.4 Å². The Labute approximate surface area is 133 Å². The number of rotatable bonds is 4. The van der Waals surface area contributed by atoms with E-state index in [-0.39, 0.29) is 6.61 Å². The highest BCUT2D eigenvalue weighted by Gasteiger charge is 2.30. The van der Waals surface area contributed by atoms with Crippen LogP contribution in [0.25, 0.3) is 0 Å². The number of aliphatic hydroxyl groups excluding tert-OH is 1. The molecule has 1 aliphatic rings. The number of hydrogen-bond acceptors (Lipinski definition) is 4. The summed E-state index contributed by atoms with van der Waals surface area (Å²) in [6.45, 7) is 3.22. The molecule has 1 unspecified atom stereocenters. The number of nitrogens with zero attached hydrogens (tertiary/aromatic N) is 1. The van der Waals surface area contributed by atoms with Crippen molar-refractivity contribution in [1.82, 2.24) is 4.31 Å². The first kappa shape index (κ1) is 16.4. The summed E-state index contributed by atoms with van der Waals surface area (Å²) in [5.74, 6) is 0.633. The quantitative estimate of drug-likeness (QED) is 0.870. The molecule has 0 amide bonds. The predicted octanol–water partition coefficient (Wildman–Crippen LogP) is 3.20. The van der Waals surface area contributed by atoms with Crippen molar-refractivity contribution in [3.63, 3.8) is 0 Å². The Hall–Kier alpha value is 0.0500. The van der Waals surface area contributed by atoms with E-state index in [4.69, 9.17) is 5.11 Å². The zero-order valence-corrected chi connectivity index (χ0v) is 14.7. The lowest BCUT2D eigenvalue weighted by atomic mass is 9.98. The van der Waals surface area contributed by atoms with Crippen molar-refractivity contribution in [2.45, 2.75) is 44.1 Å². The van der Waals surface area contributed by atoms with E-state index in [1.807, 2.05) is 0 Å². The molecule has 0 spiro atoms. The molecule has 0 aliphatic carbocycles. The van der Waals surface area contributed by atoms with Gasteiger partial charge in [-0.2, -0.15) is 4.31 Å². The van der Waals surface area contributed by atoms with E-state index in [2.05, 4.69) is 22.9 Å². The molecule has 7 heteroatoms. The summed E-state index contributed by atoms with van der Waals surface area (Å²) in [5, 5.41) is 9.14. The molecular weight excluding hydrogens is 362 g/mol. The molecule has 1 fully saturated rings. The number of sulfonamides is 1. The molecule has 1 N–H and O–H groups in total. The van der Waals surface area contributed by atoms with Gasteiger partial charge in [0.25, 0.3) is 0 Å². The maximum atomic E-state index is 12.7. The van der Waals surface area contributed by atoms with Crippen LogP contribution in [0.2, 0.25) is 0 Å². The van der Waals surface area contributed by atoms with Gasteiger partial charge in [-0.15, -0.1) is 11.3 Å². The van der Waals surface area contributed by atoms with Crippen molar-refractivity contribution >= 4 is 37.3 Å². The lowest BCUT2D eigenvalue weighted by Gasteiger charge is -2.19. The van der Waals surface area contributed by atoms with Crippen molar-refractivity contribution in [3.8, 4) is 0 Å². The fourth-order valence-electron chi connectivity index (χ4n) is 2.58. The SMILES string of the molecule is CCC1CCCN(S(=O)(=O)c2cc(CO)sc2Br)CC1. The molecule has 1 atom stereocenters. The monoisotopic (exact) mass is 381 g/mol. The third kappa shape index (κ3) is 3.44. The first-order valence-electron chi connectivity index (χ1n) is 6.88. The van der Waals surface area contributed by atoms with Crippen LogP contribution < -0.4 is 0 Å². The van der Waals surface area contributed by atoms with Crippen molar-refractivity contribution in [2.75, 3.05) is 13.1 Å². The van der Waals surface area contributed by atoms with Crippen LogP contribution in [0.1, 0.15) is 37.5 Å². The summed E-state index contributed by atoms with van der Waals surface area (Å²) in [6.07, 6.45) is 4.08. The standard InChI is InChI=1S/C13H20BrNO3S2/c1-2-10-4-3-6-15(7-5-10)20(17,18)12-8-11(9-16)19-13(12)14/h8,10,16H,2-7,9H2,1H3. The van der Waals surface area contributed by atoms with Crippen molar-refractivity contribution in [3.05, 3.63) is 14.7 Å². The number of halogens is 1. The van der Waals surface area contributed by atoms with Crippen molar-refractivity contribution in [1.29, 1.82) is 0 Å². The summed E-state index contributed by atoms with van der Waals surface area (Å²) in [4.78, 5) is 0.957. The molecule has 1 aliphatic heterocycles. The van der Waals surface area contributed by atoms with Crippen LogP contribution in [0.15, 0.2) is 14.7 Å². The average molecular weight is 382 g/mol. The first-order valence-corrected chi connectivity index (χ1v) is 9.93. The summed E-state index contributed by atoms with van der Waals surface area (Å²) >= 11 is 4.58. The highest BCUT2D eigenvalue weighted by molar-refractivity contribution is 9.11. The topological polar surface area (TPSA) is 57.6 Å². The second-order valence-corrected chi connectivity index (χ2v) is 9.48. The van der Waals surface area contributed by atoms with E-state index >= 15 is 0 Å². The Morgan fingerprint density at radius 1 is 1.45 bits per heavy atom. The van der Waals surface area contributed by atoms with E-state index in [9.17, 15) is 8.42 Å². The van der Waals surface area contributed by atoms with Crippen LogP contribution >= 0.6 is 27.3 Å². The molecule has 0 radical (unpaired) electrons. The molecule has 1 saturated heterocycles. The van der Waals surface area contributed by atoms with Crippen LogP contribution in [0.4, 0.5) is 0 Å². The predicted molar refractivity (Wildman–Crippen MR) is 84.3 cm³/mol. The number of aliphatic hydroxyl groups is 1. The molecule has 4 nitrogen and oxygen atoms in total. The fourth-order valence-corrected chi connectivity index (χ4v) is 6.56. The highest BCUT2D eigenvalue weighted by atomic mass is 79.9. The van der Waals surface area contributed by atoms with Gasteiger partial charge in [-0.3, -0.25) is 0 Å². The zero-order valence-electron chi connectivity index (χ0n) is 11.5. The Morgan fingerprint density at radius 3 is 2.80 bits per heavy atom. The Morgan fingerprint density at radius 2 is 2.20 bits per heavy atom. The van der Waals surface area contributed by atoms with Gasteiger partial charge in [0.05, 0.1) is 10.4 Å². The van der Waals surface area contributed by atoms with Gasteiger partial charge >= 0.3 is 0 Å². The van der Waals surface area contributed by atoms with E-state index < -0.39 is 10.0 Å². The first-order chi connectivity index (χ1) is 9.48. The highest BCUT2D eigenvalue weighted by Crippen LogP contribution is 2.34. The maximum absolute atomic E-state index is 12.7. The fraction of sp³-hybridized carbons (Fsp3) is 0.692. The molecule has 114 valence electrons. The third-order valence-electron chi connectivity index (χ3n) is 3.86. The molecule has 20 heavy (non-hydrogen) atoms. The minimum Gasteiger partial charge on any atom is -0.391 e. The number of thiophene rings is 1. The summed E-state index contributed by atoms with van der Waals surface area (Å²) in [7, 11) is -3.45. The minimum absolute atomic E-state index is 0.128. The lowest BCUT2D eigenvalue weighted by molar-refractivity contribution is 0.285. The number of hydrogen-bond donors (Lipinski definition) is 1. The summed E-state index contributed by atoms with van der Waals surface area (Å²) in [5.41, 5.74) is 0. The van der Waals surface area contributed by atoms with E-state index in [1.165, 1.54) is 11.3 Å². The van der Waals surface area contributed by atoms with Crippen LogP contribution in [0, 0.1) is 5.92 Å². The van der Waals surface area contributed by atoms with E-state index in [0.29, 0.717) is 32.6 Å². The van der Waals surface area contributed by atoms with Gasteiger partial charge in [-0.25, -0.2) is 8.42 Å². The van der Waals surface area contributed by atoms with Crippen LogP contribution in [-0.4, -0.2) is 30.9 Å². The molecule has 0 saturated carbocycles.